The summed E-state index contributed by atoms with van der Waals surface area (Å²) in [5, 5.41) is 0.551. The van der Waals surface area contributed by atoms with Crippen LogP contribution in [0.15, 0.2) is 40.5 Å². The second-order valence-electron chi connectivity index (χ2n) is 12.1. The summed E-state index contributed by atoms with van der Waals surface area (Å²) in [5.41, 5.74) is 7.01. The highest BCUT2D eigenvalue weighted by Gasteiger charge is 2.31. The number of fused-ring (bicyclic) bond motifs is 1. The number of carbonyl (C=O) groups is 2. The van der Waals surface area contributed by atoms with Gasteiger partial charge in [0.05, 0.1) is 26.1 Å². The Balaban J connectivity index is 1.14. The van der Waals surface area contributed by atoms with Gasteiger partial charge in [0, 0.05) is 4.90 Å². The fraction of sp³-hybridized carbons (Fsp3) is 0.594. The molecule has 0 saturated heterocycles. The Labute approximate surface area is 304 Å². The number of aromatic nitrogens is 4. The maximum atomic E-state index is 13.5. The molecule has 2 fully saturated rings. The molecular weight excluding hydrogens is 725 g/mol. The lowest BCUT2D eigenvalue weighted by molar-refractivity contribution is -0.309. The van der Waals surface area contributed by atoms with Gasteiger partial charge < -0.3 is 38.7 Å². The summed E-state index contributed by atoms with van der Waals surface area (Å²) in [4.78, 5) is 47.9. The standard InChI is InChI=1S/C32H44N5O13PS/c1-22(17-37-18-34-27-28(37)35-30(33)36-29(27)52-26-15-13-23(41-2)14-16-26)44-21-51(40,49-45-19-42-31(38)47-24-9-5-3-6-10-24)50-46-20-43-32(39)48-25-11-7-4-8-12-25/h13-16,18,22,24-25H,3-12,17,19-21H2,1-2H3,(H2,33,35,36). The van der Waals surface area contributed by atoms with Gasteiger partial charge in [-0.15, -0.1) is 9.35 Å². The third-order valence-corrected chi connectivity index (χ3v) is 10.2. The molecular formula is C32H44N5O13PS. The number of nitrogen functional groups attached to an aromatic ring is 1. The molecule has 0 radical (unpaired) electrons. The van der Waals surface area contributed by atoms with Crippen LogP contribution in [-0.4, -0.2) is 77.2 Å². The number of carbonyl (C=O) groups excluding carboxylic acids is 2. The molecule has 286 valence electrons. The highest BCUT2D eigenvalue weighted by molar-refractivity contribution is 7.99. The fourth-order valence-electron chi connectivity index (χ4n) is 5.55. The van der Waals surface area contributed by atoms with Crippen molar-refractivity contribution in [3.8, 4) is 5.75 Å². The highest BCUT2D eigenvalue weighted by Crippen LogP contribution is 2.49. The molecule has 1 atom stereocenters. The predicted molar refractivity (Wildman–Crippen MR) is 183 cm³/mol. The number of hydrogen-bond acceptors (Lipinski definition) is 18. The molecule has 2 N–H and O–H groups in total. The Morgan fingerprint density at radius 2 is 1.48 bits per heavy atom. The molecule has 3 aromatic rings. The number of anilines is 1. The van der Waals surface area contributed by atoms with Gasteiger partial charge in [0.25, 0.3) is 0 Å². The lowest BCUT2D eigenvalue weighted by Crippen LogP contribution is -2.22. The van der Waals surface area contributed by atoms with E-state index >= 15 is 0 Å². The molecule has 5 rings (SSSR count). The molecule has 2 heterocycles. The summed E-state index contributed by atoms with van der Waals surface area (Å²) in [5.74, 6) is 0.772. The number of ether oxygens (including phenoxy) is 6. The van der Waals surface area contributed by atoms with Crippen LogP contribution in [0.1, 0.15) is 71.1 Å². The molecule has 1 unspecified atom stereocenters. The summed E-state index contributed by atoms with van der Waals surface area (Å²) >= 11 is 1.37. The van der Waals surface area contributed by atoms with E-state index in [2.05, 4.69) is 15.0 Å². The second-order valence-corrected chi connectivity index (χ2v) is 15.0. The topological polar surface area (TPSA) is 213 Å². The fourth-order valence-corrected chi connectivity index (χ4v) is 7.38. The van der Waals surface area contributed by atoms with Gasteiger partial charge in [-0.2, -0.15) is 14.8 Å². The SMILES string of the molecule is COc1ccc(Sc2nc(N)nc3c2ncn3CC(C)OCP(=O)(OOCOC(=O)OC2CCCCC2)OOCOC(=O)OC2CCCCC2)cc1. The molecule has 2 saturated carbocycles. The van der Waals surface area contributed by atoms with Gasteiger partial charge in [-0.05, 0) is 82.6 Å². The van der Waals surface area contributed by atoms with Crippen LogP contribution in [0.3, 0.4) is 0 Å². The summed E-state index contributed by atoms with van der Waals surface area (Å²) < 4.78 is 56.5. The van der Waals surface area contributed by atoms with Crippen molar-refractivity contribution in [1.29, 1.82) is 0 Å². The van der Waals surface area contributed by atoms with E-state index in [-0.39, 0.29) is 24.7 Å². The summed E-state index contributed by atoms with van der Waals surface area (Å²) in [6.45, 7) is 0.354. The Morgan fingerprint density at radius 1 is 0.904 bits per heavy atom. The molecule has 0 amide bonds. The summed E-state index contributed by atoms with van der Waals surface area (Å²) in [6, 6.07) is 7.45. The smallest absolute Gasteiger partial charge is 0.497 e. The van der Waals surface area contributed by atoms with E-state index in [0.717, 1.165) is 74.9 Å². The minimum absolute atomic E-state index is 0.0501. The van der Waals surface area contributed by atoms with Gasteiger partial charge in [0.15, 0.2) is 12.0 Å². The lowest BCUT2D eigenvalue weighted by Gasteiger charge is -2.22. The van der Waals surface area contributed by atoms with Crippen LogP contribution in [0.4, 0.5) is 15.5 Å². The Morgan fingerprint density at radius 3 is 2.04 bits per heavy atom. The largest absolute Gasteiger partial charge is 0.510 e. The van der Waals surface area contributed by atoms with E-state index in [1.165, 1.54) is 11.8 Å². The second kappa shape index (κ2) is 19.9. The number of imidazole rings is 1. The summed E-state index contributed by atoms with van der Waals surface area (Å²) in [6.07, 6.45) is 6.86. The molecule has 0 aliphatic heterocycles. The van der Waals surface area contributed by atoms with Crippen molar-refractivity contribution < 1.29 is 61.7 Å². The monoisotopic (exact) mass is 769 g/mol. The highest BCUT2D eigenvalue weighted by atomic mass is 32.2. The molecule has 1 aromatic carbocycles. The molecule has 2 aromatic heterocycles. The van der Waals surface area contributed by atoms with Gasteiger partial charge in [0.1, 0.15) is 28.5 Å². The molecule has 0 bridgehead atoms. The van der Waals surface area contributed by atoms with E-state index in [9.17, 15) is 14.2 Å². The van der Waals surface area contributed by atoms with Crippen LogP contribution >= 0.6 is 19.4 Å². The summed E-state index contributed by atoms with van der Waals surface area (Å²) in [7, 11) is -2.78. The Kier molecular flexibility index (Phi) is 15.1. The van der Waals surface area contributed by atoms with Gasteiger partial charge >= 0.3 is 19.9 Å². The van der Waals surface area contributed by atoms with Crippen molar-refractivity contribution in [2.45, 2.75) is 106 Å². The zero-order valence-electron chi connectivity index (χ0n) is 29.0. The quantitative estimate of drug-likeness (QED) is 0.0265. The van der Waals surface area contributed by atoms with Crippen LogP contribution in [0.2, 0.25) is 0 Å². The molecule has 52 heavy (non-hydrogen) atoms. The molecule has 2 aliphatic carbocycles. The van der Waals surface area contributed by atoms with E-state index in [1.54, 1.807) is 24.9 Å². The van der Waals surface area contributed by atoms with Crippen molar-refractivity contribution in [3.05, 3.63) is 30.6 Å². The molecule has 2 aliphatic rings. The van der Waals surface area contributed by atoms with Crippen molar-refractivity contribution in [2.75, 3.05) is 32.8 Å². The third kappa shape index (κ3) is 12.5. The number of hydrogen-bond donors (Lipinski definition) is 1. The van der Waals surface area contributed by atoms with E-state index in [1.807, 2.05) is 24.3 Å². The minimum Gasteiger partial charge on any atom is -0.497 e. The van der Waals surface area contributed by atoms with Crippen LogP contribution in [0.5, 0.6) is 5.75 Å². The van der Waals surface area contributed by atoms with Crippen molar-refractivity contribution in [3.63, 3.8) is 0 Å². The van der Waals surface area contributed by atoms with E-state index < -0.39 is 45.9 Å². The Bertz CT molecular complexity index is 1590. The first-order valence-corrected chi connectivity index (χ1v) is 19.5. The van der Waals surface area contributed by atoms with Gasteiger partial charge in [0.2, 0.25) is 19.5 Å². The third-order valence-electron chi connectivity index (χ3n) is 8.11. The molecule has 0 spiro atoms. The first-order valence-electron chi connectivity index (χ1n) is 17.0. The van der Waals surface area contributed by atoms with E-state index in [4.69, 9.17) is 53.3 Å². The van der Waals surface area contributed by atoms with Crippen molar-refractivity contribution in [2.24, 2.45) is 0 Å². The number of nitrogens with two attached hydrogens (primary N) is 1. The van der Waals surface area contributed by atoms with Gasteiger partial charge in [-0.25, -0.2) is 19.6 Å². The van der Waals surface area contributed by atoms with Crippen LogP contribution in [0, 0.1) is 0 Å². The van der Waals surface area contributed by atoms with Crippen LogP contribution in [-0.2, 0) is 53.9 Å². The molecule has 18 nitrogen and oxygen atoms in total. The maximum Gasteiger partial charge on any atom is 0.510 e. The number of rotatable bonds is 18. The van der Waals surface area contributed by atoms with E-state index in [0.29, 0.717) is 16.2 Å². The predicted octanol–water partition coefficient (Wildman–Crippen LogP) is 6.91. The number of benzene rings is 1. The Hall–Kier alpha value is -3.71. The van der Waals surface area contributed by atoms with Gasteiger partial charge in [-0.3, -0.25) is 4.57 Å². The maximum absolute atomic E-state index is 13.5. The molecule has 20 heteroatoms. The zero-order chi connectivity index (χ0) is 36.8. The number of methoxy groups -OCH3 is 1. The first-order chi connectivity index (χ1) is 25.2. The normalized spacial score (nSPS) is 16.3. The minimum atomic E-state index is -4.38. The van der Waals surface area contributed by atoms with Crippen molar-refractivity contribution in [1.82, 2.24) is 19.5 Å². The number of nitrogens with zero attached hydrogens (tertiary/aromatic N) is 4. The zero-order valence-corrected chi connectivity index (χ0v) is 30.8. The van der Waals surface area contributed by atoms with Crippen LogP contribution in [0.25, 0.3) is 11.2 Å². The van der Waals surface area contributed by atoms with Gasteiger partial charge in [-0.1, -0.05) is 24.6 Å². The van der Waals surface area contributed by atoms with Crippen molar-refractivity contribution >= 4 is 48.8 Å². The first kappa shape index (κ1) is 39.5. The lowest BCUT2D eigenvalue weighted by atomic mass is 9.98. The average Bonchev–Trinajstić information content (AvgIpc) is 3.54. The van der Waals surface area contributed by atoms with Crippen LogP contribution < -0.4 is 10.5 Å². The average molecular weight is 770 g/mol.